The molecule has 0 unspecified atom stereocenters. The number of rotatable bonds is 6. The van der Waals surface area contributed by atoms with Crippen molar-refractivity contribution >= 4 is 50.0 Å². The second kappa shape index (κ2) is 8.06. The zero-order chi connectivity index (χ0) is 20.4. The van der Waals surface area contributed by atoms with Crippen LogP contribution in [-0.4, -0.2) is 13.4 Å². The minimum atomic E-state index is -3.66. The van der Waals surface area contributed by atoms with Gasteiger partial charge in [-0.15, -0.1) is 0 Å². The van der Waals surface area contributed by atoms with Crippen LogP contribution in [0.15, 0.2) is 71.1 Å². The molecule has 3 aromatic carbocycles. The van der Waals surface area contributed by atoms with Crippen molar-refractivity contribution in [2.24, 2.45) is 0 Å². The molecule has 0 aliphatic carbocycles. The van der Waals surface area contributed by atoms with E-state index >= 15 is 0 Å². The zero-order valence-electron chi connectivity index (χ0n) is 15.1. The van der Waals surface area contributed by atoms with Crippen molar-refractivity contribution in [3.63, 3.8) is 0 Å². The number of fused-ring (bicyclic) bond motifs is 1. The van der Waals surface area contributed by atoms with Crippen LogP contribution in [0, 0.1) is 0 Å². The Labute approximate surface area is 178 Å². The van der Waals surface area contributed by atoms with Crippen molar-refractivity contribution in [2.45, 2.75) is 12.2 Å². The van der Waals surface area contributed by atoms with Gasteiger partial charge in [0, 0.05) is 22.5 Å². The molecule has 1 N–H and O–H groups in total. The molecule has 0 saturated carbocycles. The molecule has 1 heterocycles. The Bertz CT molecular complexity index is 1270. The summed E-state index contributed by atoms with van der Waals surface area (Å²) in [5.74, 6) is 0.280. The van der Waals surface area contributed by atoms with E-state index in [0.29, 0.717) is 39.0 Å². The minimum Gasteiger partial charge on any atom is -0.440 e. The van der Waals surface area contributed by atoms with Crippen LogP contribution in [0.4, 0.5) is 5.69 Å². The van der Waals surface area contributed by atoms with E-state index < -0.39 is 10.0 Å². The standard InChI is InChI=1S/C21H16Cl2N2O3S/c22-16-8-4-7-15(9-16)10-20-24-21-18(11-17(23)12-19(21)28-20)25-29(26,27)13-14-5-2-1-3-6-14/h1-9,11-12,25H,10,13H2. The summed E-state index contributed by atoms with van der Waals surface area (Å²) in [5, 5.41) is 0.969. The highest BCUT2D eigenvalue weighted by atomic mass is 35.5. The van der Waals surface area contributed by atoms with Gasteiger partial charge < -0.3 is 4.42 Å². The molecule has 0 saturated heterocycles. The van der Waals surface area contributed by atoms with Gasteiger partial charge in [0.25, 0.3) is 0 Å². The summed E-state index contributed by atoms with van der Waals surface area (Å²) >= 11 is 12.2. The lowest BCUT2D eigenvalue weighted by Crippen LogP contribution is -2.15. The molecule has 0 fully saturated rings. The number of aromatic nitrogens is 1. The Hall–Kier alpha value is -2.54. The number of nitrogens with one attached hydrogen (secondary N) is 1. The maximum absolute atomic E-state index is 12.6. The summed E-state index contributed by atoms with van der Waals surface area (Å²) in [6.07, 6.45) is 0.420. The zero-order valence-corrected chi connectivity index (χ0v) is 17.4. The first-order valence-electron chi connectivity index (χ1n) is 8.76. The van der Waals surface area contributed by atoms with E-state index in [9.17, 15) is 8.42 Å². The van der Waals surface area contributed by atoms with Crippen molar-refractivity contribution in [1.82, 2.24) is 4.98 Å². The van der Waals surface area contributed by atoms with Crippen LogP contribution in [0.3, 0.4) is 0 Å². The Morgan fingerprint density at radius 2 is 1.66 bits per heavy atom. The number of hydrogen-bond donors (Lipinski definition) is 1. The molecular weight excluding hydrogens is 431 g/mol. The summed E-state index contributed by atoms with van der Waals surface area (Å²) in [7, 11) is -3.66. The summed E-state index contributed by atoms with van der Waals surface area (Å²) in [5.41, 5.74) is 2.71. The first kappa shape index (κ1) is 19.8. The van der Waals surface area contributed by atoms with Gasteiger partial charge in [-0.05, 0) is 29.3 Å². The van der Waals surface area contributed by atoms with Gasteiger partial charge in [0.15, 0.2) is 11.5 Å². The van der Waals surface area contributed by atoms with Gasteiger partial charge >= 0.3 is 0 Å². The van der Waals surface area contributed by atoms with E-state index in [4.69, 9.17) is 27.6 Å². The van der Waals surface area contributed by atoms with Gasteiger partial charge in [0.2, 0.25) is 10.0 Å². The first-order valence-corrected chi connectivity index (χ1v) is 11.2. The Morgan fingerprint density at radius 1 is 0.897 bits per heavy atom. The van der Waals surface area contributed by atoms with Crippen LogP contribution >= 0.6 is 23.2 Å². The van der Waals surface area contributed by atoms with Crippen molar-refractivity contribution in [2.75, 3.05) is 4.72 Å². The van der Waals surface area contributed by atoms with E-state index in [0.717, 1.165) is 5.56 Å². The lowest BCUT2D eigenvalue weighted by atomic mass is 10.1. The van der Waals surface area contributed by atoms with Crippen LogP contribution in [-0.2, 0) is 22.2 Å². The molecule has 8 heteroatoms. The Morgan fingerprint density at radius 3 is 2.41 bits per heavy atom. The van der Waals surface area contributed by atoms with Gasteiger partial charge in [-0.1, -0.05) is 65.7 Å². The van der Waals surface area contributed by atoms with Crippen molar-refractivity contribution in [1.29, 1.82) is 0 Å². The summed E-state index contributed by atoms with van der Waals surface area (Å²) in [6, 6.07) is 19.4. The third-order valence-electron chi connectivity index (χ3n) is 4.21. The average molecular weight is 447 g/mol. The molecular formula is C21H16Cl2N2O3S. The van der Waals surface area contributed by atoms with Gasteiger partial charge in [-0.3, -0.25) is 4.72 Å². The number of benzene rings is 3. The minimum absolute atomic E-state index is 0.158. The highest BCUT2D eigenvalue weighted by Gasteiger charge is 2.18. The number of nitrogens with zero attached hydrogens (tertiary/aromatic N) is 1. The third-order valence-corrected chi connectivity index (χ3v) is 5.91. The highest BCUT2D eigenvalue weighted by Crippen LogP contribution is 2.30. The van der Waals surface area contributed by atoms with Crippen molar-refractivity contribution < 1.29 is 12.8 Å². The van der Waals surface area contributed by atoms with Gasteiger partial charge in [-0.2, -0.15) is 0 Å². The molecule has 0 radical (unpaired) electrons. The Balaban J connectivity index is 1.64. The molecule has 0 aliphatic heterocycles. The number of hydrogen-bond acceptors (Lipinski definition) is 4. The molecule has 5 nitrogen and oxygen atoms in total. The number of oxazole rings is 1. The van der Waals surface area contributed by atoms with Crippen LogP contribution < -0.4 is 4.72 Å². The maximum atomic E-state index is 12.6. The van der Waals surface area contributed by atoms with Crippen molar-refractivity contribution in [3.05, 3.63) is 93.8 Å². The lowest BCUT2D eigenvalue weighted by molar-refractivity contribution is 0.544. The molecule has 0 amide bonds. The summed E-state index contributed by atoms with van der Waals surface area (Å²) in [4.78, 5) is 4.47. The van der Waals surface area contributed by atoms with Crippen LogP contribution in [0.1, 0.15) is 17.0 Å². The van der Waals surface area contributed by atoms with E-state index in [-0.39, 0.29) is 11.4 Å². The lowest BCUT2D eigenvalue weighted by Gasteiger charge is -2.09. The average Bonchev–Trinajstić information content (AvgIpc) is 3.04. The first-order chi connectivity index (χ1) is 13.9. The fourth-order valence-electron chi connectivity index (χ4n) is 3.01. The molecule has 148 valence electrons. The maximum Gasteiger partial charge on any atom is 0.236 e. The highest BCUT2D eigenvalue weighted by molar-refractivity contribution is 7.91. The SMILES string of the molecule is O=S(=O)(Cc1ccccc1)Nc1cc(Cl)cc2oc(Cc3cccc(Cl)c3)nc12. The molecule has 0 aliphatic rings. The molecule has 4 rings (SSSR count). The molecule has 0 atom stereocenters. The van der Waals surface area contributed by atoms with Crippen LogP contribution in [0.25, 0.3) is 11.1 Å². The summed E-state index contributed by atoms with van der Waals surface area (Å²) in [6.45, 7) is 0. The van der Waals surface area contributed by atoms with E-state index in [1.165, 1.54) is 6.07 Å². The van der Waals surface area contributed by atoms with Crippen molar-refractivity contribution in [3.8, 4) is 0 Å². The van der Waals surface area contributed by atoms with Crippen LogP contribution in [0.2, 0.25) is 10.0 Å². The molecule has 0 bridgehead atoms. The van der Waals surface area contributed by atoms with Gasteiger partial charge in [0.1, 0.15) is 5.52 Å². The quantitative estimate of drug-likeness (QED) is 0.414. The number of sulfonamides is 1. The second-order valence-corrected chi connectivity index (χ2v) is 9.16. The van der Waals surface area contributed by atoms with E-state index in [2.05, 4.69) is 9.71 Å². The predicted octanol–water partition coefficient (Wildman–Crippen LogP) is 5.67. The van der Waals surface area contributed by atoms with Gasteiger partial charge in [0.05, 0.1) is 11.4 Å². The van der Waals surface area contributed by atoms with Gasteiger partial charge in [-0.25, -0.2) is 13.4 Å². The molecule has 4 aromatic rings. The predicted molar refractivity (Wildman–Crippen MR) is 116 cm³/mol. The number of anilines is 1. The fraction of sp³-hybridized carbons (Fsp3) is 0.0952. The smallest absolute Gasteiger partial charge is 0.236 e. The molecule has 1 aromatic heterocycles. The Kier molecular flexibility index (Phi) is 5.50. The second-order valence-electron chi connectivity index (χ2n) is 6.56. The van der Waals surface area contributed by atoms with E-state index in [1.807, 2.05) is 24.3 Å². The number of halogens is 2. The monoisotopic (exact) mass is 446 g/mol. The topological polar surface area (TPSA) is 72.2 Å². The third kappa shape index (κ3) is 4.90. The molecule has 0 spiro atoms. The molecule has 29 heavy (non-hydrogen) atoms. The fourth-order valence-corrected chi connectivity index (χ4v) is 4.63. The summed E-state index contributed by atoms with van der Waals surface area (Å²) < 4.78 is 33.6. The normalized spacial score (nSPS) is 11.7. The van der Waals surface area contributed by atoms with Crippen LogP contribution in [0.5, 0.6) is 0 Å². The largest absolute Gasteiger partial charge is 0.440 e. The van der Waals surface area contributed by atoms with E-state index in [1.54, 1.807) is 36.4 Å².